The van der Waals surface area contributed by atoms with Crippen molar-refractivity contribution in [3.8, 4) is 11.4 Å². The fourth-order valence-electron chi connectivity index (χ4n) is 5.43. The van der Waals surface area contributed by atoms with Crippen molar-refractivity contribution in [1.82, 2.24) is 15.0 Å². The molecule has 190 valence electrons. The molecule has 0 radical (unpaired) electrons. The molecule has 1 saturated heterocycles. The van der Waals surface area contributed by atoms with Crippen molar-refractivity contribution in [2.75, 3.05) is 55.9 Å². The number of fused-ring (bicyclic) bond motifs is 2. The number of morpholine rings is 1. The van der Waals surface area contributed by atoms with Gasteiger partial charge in [-0.05, 0) is 37.3 Å². The predicted octanol–water partition coefficient (Wildman–Crippen LogP) is 3.35. The highest BCUT2D eigenvalue weighted by Crippen LogP contribution is 2.48. The van der Waals surface area contributed by atoms with E-state index < -0.39 is 5.41 Å². The van der Waals surface area contributed by atoms with Crippen LogP contribution < -0.4 is 9.80 Å². The van der Waals surface area contributed by atoms with Crippen LogP contribution in [0.15, 0.2) is 54.9 Å². The monoisotopic (exact) mass is 501 g/mol. The number of halogens is 1. The molecule has 9 heteroatoms. The Bertz CT molecular complexity index is 1460. The van der Waals surface area contributed by atoms with E-state index in [9.17, 15) is 14.6 Å². The number of nitrogens with zero attached hydrogens (tertiary/aromatic N) is 5. The fourth-order valence-corrected chi connectivity index (χ4v) is 5.43. The van der Waals surface area contributed by atoms with Gasteiger partial charge >= 0.3 is 0 Å². The number of ether oxygens (including phenoxy) is 1. The third-order valence-corrected chi connectivity index (χ3v) is 7.42. The van der Waals surface area contributed by atoms with Gasteiger partial charge in [0.25, 0.3) is 0 Å². The number of hydrogen-bond acceptors (Lipinski definition) is 8. The summed E-state index contributed by atoms with van der Waals surface area (Å²) in [5.74, 6) is -0.375. The molecule has 3 aromatic heterocycles. The molecule has 6 rings (SSSR count). The van der Waals surface area contributed by atoms with E-state index >= 15 is 0 Å². The zero-order valence-corrected chi connectivity index (χ0v) is 20.6. The molecule has 0 saturated carbocycles. The molecule has 1 aromatic carbocycles. The smallest absolute Gasteiger partial charge is 0.125 e. The predicted molar refractivity (Wildman–Crippen MR) is 140 cm³/mol. The minimum absolute atomic E-state index is 0.263. The van der Waals surface area contributed by atoms with Crippen LogP contribution in [0, 0.1) is 12.7 Å². The molecule has 2 aliphatic heterocycles. The molecule has 0 bridgehead atoms. The van der Waals surface area contributed by atoms with E-state index in [1.807, 2.05) is 25.1 Å². The molecular formula is C28H28FN5O3. The number of benzene rings is 1. The summed E-state index contributed by atoms with van der Waals surface area (Å²) in [7, 11) is 0. The van der Waals surface area contributed by atoms with Crippen LogP contribution in [-0.4, -0.2) is 71.2 Å². The Morgan fingerprint density at radius 1 is 1.05 bits per heavy atom. The SMILES string of the molecule is Cc1c(-c2ccccn2)nc2cc(F)ccc2c1N1CC(CO)(CO)c2ncc(N3CCOCC3)cc21. The second kappa shape index (κ2) is 9.33. The van der Waals surface area contributed by atoms with Crippen molar-refractivity contribution in [3.05, 3.63) is 71.9 Å². The second-order valence-electron chi connectivity index (χ2n) is 9.65. The zero-order chi connectivity index (χ0) is 25.6. The van der Waals surface area contributed by atoms with Gasteiger partial charge in [0.1, 0.15) is 5.82 Å². The number of aromatic nitrogens is 3. The summed E-state index contributed by atoms with van der Waals surface area (Å²) >= 11 is 0. The average molecular weight is 502 g/mol. The Morgan fingerprint density at radius 2 is 1.86 bits per heavy atom. The van der Waals surface area contributed by atoms with Crippen molar-refractivity contribution >= 4 is 28.0 Å². The Balaban J connectivity index is 1.60. The van der Waals surface area contributed by atoms with Crippen molar-refractivity contribution in [3.63, 3.8) is 0 Å². The van der Waals surface area contributed by atoms with Gasteiger partial charge in [-0.15, -0.1) is 0 Å². The molecule has 4 aromatic rings. The third kappa shape index (κ3) is 3.90. The lowest BCUT2D eigenvalue weighted by Gasteiger charge is -2.30. The number of anilines is 3. The van der Waals surface area contributed by atoms with E-state index in [1.165, 1.54) is 12.1 Å². The van der Waals surface area contributed by atoms with Crippen LogP contribution in [0.5, 0.6) is 0 Å². The van der Waals surface area contributed by atoms with Gasteiger partial charge < -0.3 is 24.7 Å². The molecule has 0 aliphatic carbocycles. The van der Waals surface area contributed by atoms with Crippen molar-refractivity contribution in [2.24, 2.45) is 0 Å². The first-order valence-electron chi connectivity index (χ1n) is 12.4. The lowest BCUT2D eigenvalue weighted by molar-refractivity contribution is 0.122. The van der Waals surface area contributed by atoms with Gasteiger partial charge in [0, 0.05) is 42.8 Å². The van der Waals surface area contributed by atoms with E-state index in [0.29, 0.717) is 42.4 Å². The van der Waals surface area contributed by atoms with E-state index in [1.54, 1.807) is 18.5 Å². The van der Waals surface area contributed by atoms with Crippen LogP contribution in [0.1, 0.15) is 11.3 Å². The molecule has 2 N–H and O–H groups in total. The number of pyridine rings is 3. The van der Waals surface area contributed by atoms with Crippen molar-refractivity contribution in [1.29, 1.82) is 0 Å². The quantitative estimate of drug-likeness (QED) is 0.430. The summed E-state index contributed by atoms with van der Waals surface area (Å²) in [5.41, 5.74) is 4.98. The fraction of sp³-hybridized carbons (Fsp3) is 0.321. The number of aliphatic hydroxyl groups is 2. The molecule has 1 fully saturated rings. The van der Waals surface area contributed by atoms with Crippen LogP contribution in [0.4, 0.5) is 21.5 Å². The summed E-state index contributed by atoms with van der Waals surface area (Å²) < 4.78 is 19.9. The van der Waals surface area contributed by atoms with Gasteiger partial charge in [0.15, 0.2) is 0 Å². The first-order chi connectivity index (χ1) is 18.0. The van der Waals surface area contributed by atoms with Gasteiger partial charge in [-0.1, -0.05) is 6.07 Å². The van der Waals surface area contributed by atoms with Gasteiger partial charge in [0.05, 0.1) is 77.7 Å². The van der Waals surface area contributed by atoms with Gasteiger partial charge in [-0.25, -0.2) is 9.37 Å². The molecule has 2 aliphatic rings. The summed E-state index contributed by atoms with van der Waals surface area (Å²) in [4.78, 5) is 18.4. The first kappa shape index (κ1) is 23.7. The maximum absolute atomic E-state index is 14.3. The molecular weight excluding hydrogens is 473 g/mol. The summed E-state index contributed by atoms with van der Waals surface area (Å²) in [6.07, 6.45) is 3.51. The minimum Gasteiger partial charge on any atom is -0.395 e. The lowest BCUT2D eigenvalue weighted by atomic mass is 9.88. The van der Waals surface area contributed by atoms with Gasteiger partial charge in [-0.2, -0.15) is 0 Å². The van der Waals surface area contributed by atoms with Crippen LogP contribution in [0.3, 0.4) is 0 Å². The normalized spacial score (nSPS) is 16.9. The summed E-state index contributed by atoms with van der Waals surface area (Å²) in [6, 6.07) is 12.3. The van der Waals surface area contributed by atoms with Crippen LogP contribution in [0.2, 0.25) is 0 Å². The van der Waals surface area contributed by atoms with E-state index in [4.69, 9.17) is 14.7 Å². The Morgan fingerprint density at radius 3 is 2.59 bits per heavy atom. The molecule has 0 amide bonds. The summed E-state index contributed by atoms with van der Waals surface area (Å²) in [6.45, 7) is 4.56. The first-order valence-corrected chi connectivity index (χ1v) is 12.4. The molecule has 0 spiro atoms. The standard InChI is InChI=1S/C28H28FN5O3/c1-18-25(22-4-2-3-7-30-22)32-23-12-19(29)5-6-21(23)26(18)34-15-28(16-35,17-36)27-24(34)13-20(14-31-27)33-8-10-37-11-9-33/h2-7,12-14,35-36H,8-11,15-17H2,1H3. The number of rotatable bonds is 5. The van der Waals surface area contributed by atoms with Crippen LogP contribution in [0.25, 0.3) is 22.3 Å². The molecule has 5 heterocycles. The van der Waals surface area contributed by atoms with Crippen LogP contribution >= 0.6 is 0 Å². The minimum atomic E-state index is -0.952. The van der Waals surface area contributed by atoms with Gasteiger partial charge in [0.2, 0.25) is 0 Å². The van der Waals surface area contributed by atoms with E-state index in [2.05, 4.69) is 20.9 Å². The third-order valence-electron chi connectivity index (χ3n) is 7.42. The highest BCUT2D eigenvalue weighted by atomic mass is 19.1. The highest BCUT2D eigenvalue weighted by Gasteiger charge is 2.45. The van der Waals surface area contributed by atoms with Gasteiger partial charge in [-0.3, -0.25) is 9.97 Å². The second-order valence-corrected chi connectivity index (χ2v) is 9.65. The van der Waals surface area contributed by atoms with E-state index in [0.717, 1.165) is 41.1 Å². The Hall–Kier alpha value is -3.66. The number of aliphatic hydroxyl groups excluding tert-OH is 2. The Labute approximate surface area is 214 Å². The maximum Gasteiger partial charge on any atom is 0.125 e. The van der Waals surface area contributed by atoms with E-state index in [-0.39, 0.29) is 19.0 Å². The largest absolute Gasteiger partial charge is 0.395 e. The molecule has 8 nitrogen and oxygen atoms in total. The number of hydrogen-bond donors (Lipinski definition) is 2. The van der Waals surface area contributed by atoms with Crippen molar-refractivity contribution < 1.29 is 19.3 Å². The highest BCUT2D eigenvalue weighted by molar-refractivity contribution is 5.99. The summed E-state index contributed by atoms with van der Waals surface area (Å²) in [5, 5.41) is 21.7. The lowest BCUT2D eigenvalue weighted by Crippen LogP contribution is -2.39. The van der Waals surface area contributed by atoms with Crippen molar-refractivity contribution in [2.45, 2.75) is 12.3 Å². The topological polar surface area (TPSA) is 94.8 Å². The molecule has 0 unspecified atom stereocenters. The van der Waals surface area contributed by atoms with Crippen LogP contribution in [-0.2, 0) is 10.2 Å². The molecule has 0 atom stereocenters. The zero-order valence-electron chi connectivity index (χ0n) is 20.6. The maximum atomic E-state index is 14.3. The molecule has 37 heavy (non-hydrogen) atoms. The Kier molecular flexibility index (Phi) is 5.98. The average Bonchev–Trinajstić information content (AvgIpc) is 3.27.